The Balaban J connectivity index is 1.50. The molecule has 3 rings (SSSR count). The van der Waals surface area contributed by atoms with Gasteiger partial charge >= 0.3 is 5.63 Å². The Morgan fingerprint density at radius 1 is 1.15 bits per heavy atom. The molecule has 0 saturated heterocycles. The van der Waals surface area contributed by atoms with Crippen molar-refractivity contribution >= 4 is 34.2 Å². The smallest absolute Gasteiger partial charge is 0.338 e. The van der Waals surface area contributed by atoms with Gasteiger partial charge in [-0.1, -0.05) is 35.9 Å². The Morgan fingerprint density at radius 2 is 1.89 bits per heavy atom. The molecule has 0 aliphatic heterocycles. The van der Waals surface area contributed by atoms with Crippen LogP contribution in [0.2, 0.25) is 5.02 Å². The minimum absolute atomic E-state index is 0.0585. The van der Waals surface area contributed by atoms with Crippen molar-refractivity contribution in [3.63, 3.8) is 0 Å². The predicted octanol–water partition coefficient (Wildman–Crippen LogP) is 3.95. The summed E-state index contributed by atoms with van der Waals surface area (Å²) in [4.78, 5) is 25.7. The van der Waals surface area contributed by atoms with E-state index in [2.05, 4.69) is 5.32 Å². The number of amides is 1. The van der Waals surface area contributed by atoms with Gasteiger partial charge in [0.15, 0.2) is 0 Å². The molecule has 0 aliphatic carbocycles. The summed E-state index contributed by atoms with van der Waals surface area (Å²) in [5.41, 5.74) is 1.86. The fraction of sp³-hybridized carbons (Fsp3) is 0.238. The van der Waals surface area contributed by atoms with Crippen LogP contribution < -0.4 is 10.9 Å². The van der Waals surface area contributed by atoms with Gasteiger partial charge in [-0.25, -0.2) is 4.79 Å². The van der Waals surface area contributed by atoms with E-state index in [0.29, 0.717) is 30.1 Å². The van der Waals surface area contributed by atoms with Crippen LogP contribution in [-0.2, 0) is 11.2 Å². The molecular weight excluding hydrogens is 364 g/mol. The molecule has 0 atom stereocenters. The first kappa shape index (κ1) is 19.0. The van der Waals surface area contributed by atoms with E-state index in [1.165, 1.54) is 6.07 Å². The highest BCUT2D eigenvalue weighted by molar-refractivity contribution is 6.30. The van der Waals surface area contributed by atoms with Gasteiger partial charge in [0.05, 0.1) is 12.1 Å². The molecule has 5 nitrogen and oxygen atoms in total. The number of nitrogens with zero attached hydrogens (tertiary/aromatic N) is 1. The molecule has 27 heavy (non-hydrogen) atoms. The average molecular weight is 385 g/mol. The quantitative estimate of drug-likeness (QED) is 0.495. The highest BCUT2D eigenvalue weighted by Gasteiger charge is 2.10. The van der Waals surface area contributed by atoms with Crippen molar-refractivity contribution in [2.24, 2.45) is 0 Å². The van der Waals surface area contributed by atoms with Gasteiger partial charge in [0.1, 0.15) is 5.58 Å². The van der Waals surface area contributed by atoms with Crippen LogP contribution in [0, 0.1) is 0 Å². The summed E-state index contributed by atoms with van der Waals surface area (Å²) in [6.45, 7) is 1.27. The largest absolute Gasteiger partial charge is 0.423 e. The first-order valence-electron chi connectivity index (χ1n) is 8.78. The van der Waals surface area contributed by atoms with Crippen molar-refractivity contribution in [1.82, 2.24) is 4.90 Å². The lowest BCUT2D eigenvalue weighted by Gasteiger charge is -2.18. The van der Waals surface area contributed by atoms with E-state index in [-0.39, 0.29) is 11.5 Å². The number of hydrogen-bond acceptors (Lipinski definition) is 4. The van der Waals surface area contributed by atoms with Crippen LogP contribution in [-0.4, -0.2) is 30.9 Å². The predicted molar refractivity (Wildman–Crippen MR) is 108 cm³/mol. The van der Waals surface area contributed by atoms with E-state index in [1.54, 1.807) is 30.1 Å². The van der Waals surface area contributed by atoms with Crippen LogP contribution in [0.3, 0.4) is 0 Å². The lowest BCUT2D eigenvalue weighted by molar-refractivity contribution is -0.129. The normalized spacial score (nSPS) is 10.7. The number of anilines is 1. The Morgan fingerprint density at radius 3 is 2.67 bits per heavy atom. The maximum absolute atomic E-state index is 12.3. The van der Waals surface area contributed by atoms with Crippen LogP contribution in [0.1, 0.15) is 12.0 Å². The number of hydrogen-bond donors (Lipinski definition) is 1. The van der Waals surface area contributed by atoms with Crippen molar-refractivity contribution in [3.8, 4) is 0 Å². The van der Waals surface area contributed by atoms with E-state index >= 15 is 0 Å². The second-order valence-corrected chi connectivity index (χ2v) is 6.81. The SMILES string of the molecule is CN(CCCNc1cc(=O)oc2ccccc12)C(=O)Cc1ccc(Cl)cc1. The molecule has 1 amide bonds. The first-order chi connectivity index (χ1) is 13.0. The monoisotopic (exact) mass is 384 g/mol. The maximum atomic E-state index is 12.3. The molecule has 0 fully saturated rings. The molecule has 0 aliphatic rings. The first-order valence-corrected chi connectivity index (χ1v) is 9.16. The molecule has 0 radical (unpaired) electrons. The molecule has 3 aromatic rings. The van der Waals surface area contributed by atoms with Gasteiger partial charge < -0.3 is 14.6 Å². The maximum Gasteiger partial charge on any atom is 0.338 e. The standard InChI is InChI=1S/C21H21ClN2O3/c1-24(20(25)13-15-7-9-16(22)10-8-15)12-4-11-23-18-14-21(26)27-19-6-3-2-5-17(18)19/h2-3,5-10,14,23H,4,11-13H2,1H3. The molecule has 1 heterocycles. The number of halogens is 1. The van der Waals surface area contributed by atoms with Gasteiger partial charge in [-0.3, -0.25) is 4.79 Å². The van der Waals surface area contributed by atoms with E-state index in [9.17, 15) is 9.59 Å². The van der Waals surface area contributed by atoms with Gasteiger partial charge in [-0.2, -0.15) is 0 Å². The summed E-state index contributed by atoms with van der Waals surface area (Å²) in [5.74, 6) is 0.0585. The molecule has 0 unspecified atom stereocenters. The van der Waals surface area contributed by atoms with Crippen LogP contribution in [0.4, 0.5) is 5.69 Å². The highest BCUT2D eigenvalue weighted by Crippen LogP contribution is 2.20. The molecular formula is C21H21ClN2O3. The third kappa shape index (κ3) is 5.11. The lowest BCUT2D eigenvalue weighted by atomic mass is 10.1. The van der Waals surface area contributed by atoms with Crippen LogP contribution >= 0.6 is 11.6 Å². The molecule has 1 N–H and O–H groups in total. The molecule has 140 valence electrons. The number of fused-ring (bicyclic) bond motifs is 1. The zero-order valence-corrected chi connectivity index (χ0v) is 15.8. The second-order valence-electron chi connectivity index (χ2n) is 6.37. The molecule has 1 aromatic heterocycles. The van der Waals surface area contributed by atoms with E-state index in [0.717, 1.165) is 23.1 Å². The Bertz CT molecular complexity index is 983. The zero-order chi connectivity index (χ0) is 19.2. The van der Waals surface area contributed by atoms with Gasteiger partial charge in [-0.05, 0) is 36.2 Å². The third-order valence-corrected chi connectivity index (χ3v) is 4.58. The minimum atomic E-state index is -0.383. The van der Waals surface area contributed by atoms with Crippen molar-refractivity contribution in [1.29, 1.82) is 0 Å². The average Bonchev–Trinajstić information content (AvgIpc) is 2.66. The van der Waals surface area contributed by atoms with E-state index in [1.807, 2.05) is 30.3 Å². The molecule has 0 bridgehead atoms. The van der Waals surface area contributed by atoms with Crippen molar-refractivity contribution in [2.75, 3.05) is 25.5 Å². The number of likely N-dealkylation sites (N-methyl/N-ethyl adjacent to an activating group) is 1. The van der Waals surface area contributed by atoms with Crippen molar-refractivity contribution < 1.29 is 9.21 Å². The van der Waals surface area contributed by atoms with Crippen molar-refractivity contribution in [2.45, 2.75) is 12.8 Å². The summed E-state index contributed by atoms with van der Waals surface area (Å²) >= 11 is 5.86. The van der Waals surface area contributed by atoms with E-state index in [4.69, 9.17) is 16.0 Å². The van der Waals surface area contributed by atoms with Crippen LogP contribution in [0.25, 0.3) is 11.0 Å². The summed E-state index contributed by atoms with van der Waals surface area (Å²) in [6, 6.07) is 16.2. The fourth-order valence-corrected chi connectivity index (χ4v) is 2.96. The third-order valence-electron chi connectivity index (χ3n) is 4.33. The molecule has 0 spiro atoms. The number of carbonyl (C=O) groups excluding carboxylic acids is 1. The number of nitrogens with one attached hydrogen (secondary N) is 1. The molecule has 0 saturated carbocycles. The Kier molecular flexibility index (Phi) is 6.14. The number of para-hydroxylation sites is 1. The summed E-state index contributed by atoms with van der Waals surface area (Å²) in [7, 11) is 1.80. The minimum Gasteiger partial charge on any atom is -0.423 e. The Hall–Kier alpha value is -2.79. The van der Waals surface area contributed by atoms with Crippen LogP contribution in [0.5, 0.6) is 0 Å². The van der Waals surface area contributed by atoms with E-state index < -0.39 is 0 Å². The van der Waals surface area contributed by atoms with Gasteiger partial charge in [0, 0.05) is 36.6 Å². The Labute approximate surface area is 162 Å². The van der Waals surface area contributed by atoms with Gasteiger partial charge in [0.2, 0.25) is 5.91 Å². The lowest BCUT2D eigenvalue weighted by Crippen LogP contribution is -2.30. The summed E-state index contributed by atoms with van der Waals surface area (Å²) in [5, 5.41) is 4.79. The second kappa shape index (κ2) is 8.73. The molecule has 2 aromatic carbocycles. The highest BCUT2D eigenvalue weighted by atomic mass is 35.5. The zero-order valence-electron chi connectivity index (χ0n) is 15.1. The van der Waals surface area contributed by atoms with Gasteiger partial charge in [0.25, 0.3) is 0 Å². The number of benzene rings is 2. The van der Waals surface area contributed by atoms with Crippen LogP contribution in [0.15, 0.2) is 63.8 Å². The van der Waals surface area contributed by atoms with Gasteiger partial charge in [-0.15, -0.1) is 0 Å². The topological polar surface area (TPSA) is 62.6 Å². The summed E-state index contributed by atoms with van der Waals surface area (Å²) < 4.78 is 5.19. The number of carbonyl (C=O) groups is 1. The number of rotatable bonds is 7. The molecule has 6 heteroatoms. The van der Waals surface area contributed by atoms with Crippen molar-refractivity contribution in [3.05, 3.63) is 75.6 Å². The fourth-order valence-electron chi connectivity index (χ4n) is 2.83. The summed E-state index contributed by atoms with van der Waals surface area (Å²) in [6.07, 6.45) is 1.11.